The molecule has 0 aliphatic carbocycles. The van der Waals surface area contributed by atoms with Crippen LogP contribution >= 0.6 is 0 Å². The fourth-order valence-corrected chi connectivity index (χ4v) is 6.54. The van der Waals surface area contributed by atoms with Gasteiger partial charge in [0.25, 0.3) is 11.4 Å². The number of hydrogen-bond acceptors (Lipinski definition) is 13. The van der Waals surface area contributed by atoms with Crippen molar-refractivity contribution in [1.29, 1.82) is 0 Å². The summed E-state index contributed by atoms with van der Waals surface area (Å²) in [5, 5.41) is 45.2. The highest BCUT2D eigenvalue weighted by Gasteiger charge is 2.39. The fraction of sp³-hybridized carbons (Fsp3) is 0.429. The Morgan fingerprint density at radius 1 is 0.818 bits per heavy atom. The van der Waals surface area contributed by atoms with E-state index >= 15 is 0 Å². The van der Waals surface area contributed by atoms with E-state index in [9.17, 15) is 44.7 Å². The number of piperazine rings is 2. The normalized spacial score (nSPS) is 17.3. The molecular formula is C35H47B2N9O9. The number of aromatic nitrogens is 1. The molecule has 3 heterocycles. The molecule has 20 heteroatoms. The van der Waals surface area contributed by atoms with E-state index in [1.54, 1.807) is 93.5 Å². The van der Waals surface area contributed by atoms with Crippen LogP contribution in [0.4, 0.5) is 11.4 Å². The summed E-state index contributed by atoms with van der Waals surface area (Å²) in [5.74, 6) is -0.692. The summed E-state index contributed by atoms with van der Waals surface area (Å²) in [5.41, 5.74) is 1.59. The second-order valence-corrected chi connectivity index (χ2v) is 13.6. The van der Waals surface area contributed by atoms with Crippen molar-refractivity contribution in [2.24, 2.45) is 0 Å². The van der Waals surface area contributed by atoms with Gasteiger partial charge in [0.15, 0.2) is 0 Å². The van der Waals surface area contributed by atoms with Crippen LogP contribution in [0.5, 0.6) is 0 Å². The van der Waals surface area contributed by atoms with Gasteiger partial charge in [-0.05, 0) is 25.3 Å². The van der Waals surface area contributed by atoms with E-state index in [2.05, 4.69) is 10.3 Å². The Bertz CT molecular complexity index is 1810. The molecule has 1 aromatic heterocycles. The largest absolute Gasteiger partial charge is 0.437 e. The van der Waals surface area contributed by atoms with Crippen molar-refractivity contribution in [3.63, 3.8) is 0 Å². The monoisotopic (exact) mass is 759 g/mol. The van der Waals surface area contributed by atoms with Crippen molar-refractivity contribution in [2.75, 3.05) is 53.4 Å². The van der Waals surface area contributed by atoms with Crippen molar-refractivity contribution in [1.82, 2.24) is 34.6 Å². The predicted octanol–water partition coefficient (Wildman–Crippen LogP) is 0.751. The van der Waals surface area contributed by atoms with Crippen molar-refractivity contribution in [2.45, 2.75) is 45.2 Å². The number of rotatable bonds is 12. The molecule has 18 nitrogen and oxygen atoms in total. The van der Waals surface area contributed by atoms with Crippen LogP contribution in [0.2, 0.25) is 13.6 Å². The Balaban J connectivity index is 0.000000258. The summed E-state index contributed by atoms with van der Waals surface area (Å²) < 4.78 is 0. The average Bonchev–Trinajstić information content (AvgIpc) is 3.17. The summed E-state index contributed by atoms with van der Waals surface area (Å²) in [7, 11) is 1.82. The van der Waals surface area contributed by atoms with Gasteiger partial charge in [-0.3, -0.25) is 39.6 Å². The van der Waals surface area contributed by atoms with E-state index in [0.29, 0.717) is 43.9 Å². The highest BCUT2D eigenvalue weighted by Crippen LogP contribution is 2.22. The number of carbonyl (C=O) groups excluding carboxylic acids is 3. The van der Waals surface area contributed by atoms with Crippen LogP contribution in [-0.2, 0) is 33.9 Å². The van der Waals surface area contributed by atoms with Gasteiger partial charge in [0.2, 0.25) is 17.7 Å². The molecule has 2 saturated heterocycles. The quantitative estimate of drug-likeness (QED) is 0.132. The van der Waals surface area contributed by atoms with E-state index in [1.807, 2.05) is 4.81 Å². The second kappa shape index (κ2) is 19.9. The Labute approximate surface area is 320 Å². The van der Waals surface area contributed by atoms with Crippen LogP contribution < -0.4 is 5.32 Å². The Morgan fingerprint density at radius 3 is 1.89 bits per heavy atom. The molecule has 2 aliphatic rings. The minimum Gasteiger partial charge on any atom is -0.437 e. The Kier molecular flexibility index (Phi) is 15.4. The number of nitrogens with one attached hydrogen (secondary N) is 1. The highest BCUT2D eigenvalue weighted by atomic mass is 16.6. The zero-order chi connectivity index (χ0) is 40.2. The number of nitro benzene ring substituents is 2. The van der Waals surface area contributed by atoms with E-state index in [-0.39, 0.29) is 55.2 Å². The van der Waals surface area contributed by atoms with Crippen molar-refractivity contribution in [3.8, 4) is 0 Å². The summed E-state index contributed by atoms with van der Waals surface area (Å²) in [4.78, 5) is 72.4. The maximum atomic E-state index is 13.4. The molecule has 0 spiro atoms. The Morgan fingerprint density at radius 2 is 1.36 bits per heavy atom. The van der Waals surface area contributed by atoms with Crippen LogP contribution in [0.1, 0.15) is 16.7 Å². The molecule has 2 aliphatic heterocycles. The zero-order valence-electron chi connectivity index (χ0n) is 31.4. The second-order valence-electron chi connectivity index (χ2n) is 13.6. The maximum absolute atomic E-state index is 13.4. The molecule has 0 saturated carbocycles. The van der Waals surface area contributed by atoms with Crippen LogP contribution in [0, 0.1) is 20.2 Å². The summed E-state index contributed by atoms with van der Waals surface area (Å²) in [6.07, 6.45) is 3.35. The van der Waals surface area contributed by atoms with Gasteiger partial charge in [-0.15, -0.1) is 0 Å². The third kappa shape index (κ3) is 11.6. The van der Waals surface area contributed by atoms with Gasteiger partial charge in [0.1, 0.15) is 6.04 Å². The van der Waals surface area contributed by atoms with Crippen LogP contribution in [-0.4, -0.2) is 146 Å². The smallest absolute Gasteiger partial charge is 0.376 e. The SMILES string of the molecule is CB(O)N1CCN(C(=O)Cc2cccnc2)C(C(=O)N(C)Cc2ccccc2[N+](=O)[O-])C1.CB(O)N1CCNC(C(=O)N(C)Cc2ccccc2[N+](=O)[O-])C1. The van der Waals surface area contributed by atoms with E-state index in [1.165, 1.54) is 26.8 Å². The lowest BCUT2D eigenvalue weighted by Gasteiger charge is -2.42. The lowest BCUT2D eigenvalue weighted by molar-refractivity contribution is -0.385. The standard InChI is InChI=1S/C21H26BN5O5.C14H21BN4O4/c1-22(30)25-10-11-26(20(28)12-16-6-5-9-23-13-16)19(15-25)21(29)24(2)14-17-7-3-4-8-18(17)27(31)32;1-15(21)18-8-7-16-12(10-18)14(20)17(2)9-11-5-3-4-6-13(11)19(22)23/h3-9,13,19,30H,10-12,14-15H2,1-2H3;3-6,12,16,21H,7-10H2,1-2H3. The number of likely N-dealkylation sites (N-methyl/N-ethyl adjacent to an activating group) is 2. The third-order valence-corrected chi connectivity index (χ3v) is 9.60. The molecule has 3 aromatic rings. The van der Waals surface area contributed by atoms with E-state index in [0.717, 1.165) is 5.56 Å². The van der Waals surface area contributed by atoms with Gasteiger partial charge < -0.3 is 39.7 Å². The van der Waals surface area contributed by atoms with Gasteiger partial charge in [-0.1, -0.05) is 42.5 Å². The van der Waals surface area contributed by atoms with Crippen LogP contribution in [0.25, 0.3) is 0 Å². The molecule has 3 amide bonds. The molecule has 5 rings (SSSR count). The molecule has 2 unspecified atom stereocenters. The van der Waals surface area contributed by atoms with E-state index < -0.39 is 36.0 Å². The first-order valence-corrected chi connectivity index (χ1v) is 17.9. The topological polar surface area (TPSA) is 219 Å². The first kappa shape index (κ1) is 42.5. The van der Waals surface area contributed by atoms with Gasteiger partial charge in [0.05, 0.1) is 35.4 Å². The first-order chi connectivity index (χ1) is 26.2. The van der Waals surface area contributed by atoms with Gasteiger partial charge in [-0.2, -0.15) is 0 Å². The fourth-order valence-electron chi connectivity index (χ4n) is 6.54. The van der Waals surface area contributed by atoms with E-state index in [4.69, 9.17) is 0 Å². The minimum atomic E-state index is -0.810. The number of nitro groups is 2. The van der Waals surface area contributed by atoms with Crippen molar-refractivity contribution >= 4 is 43.2 Å². The number of hydrogen-bond donors (Lipinski definition) is 3. The number of benzene rings is 2. The molecule has 2 aromatic carbocycles. The maximum Gasteiger partial charge on any atom is 0.376 e. The molecule has 2 atom stereocenters. The number of para-hydroxylation sites is 2. The molecule has 2 fully saturated rings. The van der Waals surface area contributed by atoms with Crippen LogP contribution in [0.3, 0.4) is 0 Å². The molecule has 0 bridgehead atoms. The lowest BCUT2D eigenvalue weighted by atomic mass is 9.83. The minimum absolute atomic E-state index is 0.00867. The third-order valence-electron chi connectivity index (χ3n) is 9.60. The summed E-state index contributed by atoms with van der Waals surface area (Å²) >= 11 is 0. The molecule has 0 radical (unpaired) electrons. The van der Waals surface area contributed by atoms with Crippen molar-refractivity contribution in [3.05, 3.63) is 110 Å². The molecule has 292 valence electrons. The first-order valence-electron chi connectivity index (χ1n) is 17.9. The predicted molar refractivity (Wildman–Crippen MR) is 205 cm³/mol. The summed E-state index contributed by atoms with van der Waals surface area (Å²) in [6, 6.07) is 15.0. The zero-order valence-corrected chi connectivity index (χ0v) is 31.4. The highest BCUT2D eigenvalue weighted by molar-refractivity contribution is 6.45. The number of nitrogens with zero attached hydrogens (tertiary/aromatic N) is 8. The molecule has 3 N–H and O–H groups in total. The number of carbonyl (C=O) groups is 3. The average molecular weight is 759 g/mol. The lowest BCUT2D eigenvalue weighted by Crippen LogP contribution is -2.63. The molecule has 55 heavy (non-hydrogen) atoms. The number of pyridine rings is 1. The Hall–Kier alpha value is -5.27. The van der Waals surface area contributed by atoms with Gasteiger partial charge >= 0.3 is 14.1 Å². The van der Waals surface area contributed by atoms with Gasteiger partial charge in [0, 0.05) is 89.0 Å². The number of amides is 3. The van der Waals surface area contributed by atoms with Crippen molar-refractivity contribution < 1.29 is 34.3 Å². The van der Waals surface area contributed by atoms with Gasteiger partial charge in [-0.25, -0.2) is 0 Å². The van der Waals surface area contributed by atoms with Crippen LogP contribution in [0.15, 0.2) is 73.1 Å². The molecular weight excluding hydrogens is 712 g/mol. The summed E-state index contributed by atoms with van der Waals surface area (Å²) in [6.45, 7) is 6.10.